The van der Waals surface area contributed by atoms with Crippen molar-refractivity contribution in [3.8, 4) is 0 Å². The van der Waals surface area contributed by atoms with Gasteiger partial charge in [0.05, 0.1) is 0 Å². The molecule has 1 heterocycles. The minimum atomic E-state index is -0.873. The van der Waals surface area contributed by atoms with Crippen molar-refractivity contribution in [2.45, 2.75) is 13.8 Å². The van der Waals surface area contributed by atoms with E-state index in [1.165, 1.54) is 12.1 Å². The summed E-state index contributed by atoms with van der Waals surface area (Å²) in [6.07, 6.45) is 0. The van der Waals surface area contributed by atoms with Gasteiger partial charge in [-0.25, -0.2) is 18.7 Å². The summed E-state index contributed by atoms with van der Waals surface area (Å²) in [4.78, 5) is 20.8. The van der Waals surface area contributed by atoms with Crippen LogP contribution in [0.25, 0.3) is 0 Å². The molecule has 0 fully saturated rings. The Morgan fingerprint density at radius 3 is 2.44 bits per heavy atom. The molecule has 0 radical (unpaired) electrons. The van der Waals surface area contributed by atoms with E-state index >= 15 is 0 Å². The number of hydrogen-bond acceptors (Lipinski definition) is 4. The zero-order valence-electron chi connectivity index (χ0n) is 14.5. The van der Waals surface area contributed by atoms with Crippen molar-refractivity contribution >= 4 is 34.8 Å². The zero-order valence-corrected chi connectivity index (χ0v) is 15.2. The SMILES string of the molecule is Cc1cc(C(=O)Nc2c(F)cccc2F)nc(Nc2cc(Cl)ccc2C)n1. The van der Waals surface area contributed by atoms with E-state index in [9.17, 15) is 13.6 Å². The molecule has 1 aromatic heterocycles. The lowest BCUT2D eigenvalue weighted by atomic mass is 10.2. The predicted molar refractivity (Wildman–Crippen MR) is 101 cm³/mol. The molecule has 3 aromatic rings. The largest absolute Gasteiger partial charge is 0.324 e. The zero-order chi connectivity index (χ0) is 19.6. The van der Waals surface area contributed by atoms with Gasteiger partial charge in [0.2, 0.25) is 5.95 Å². The molecule has 2 aromatic carbocycles. The Morgan fingerprint density at radius 2 is 1.74 bits per heavy atom. The van der Waals surface area contributed by atoms with E-state index in [1.54, 1.807) is 19.1 Å². The molecular formula is C19H15ClF2N4O. The summed E-state index contributed by atoms with van der Waals surface area (Å²) >= 11 is 6.00. The Kier molecular flexibility index (Phi) is 5.32. The van der Waals surface area contributed by atoms with Crippen LogP contribution in [0.2, 0.25) is 5.02 Å². The van der Waals surface area contributed by atoms with E-state index < -0.39 is 23.2 Å². The lowest BCUT2D eigenvalue weighted by Crippen LogP contribution is -2.17. The van der Waals surface area contributed by atoms with E-state index in [1.807, 2.05) is 13.0 Å². The molecule has 0 bridgehead atoms. The second kappa shape index (κ2) is 7.67. The Hall–Kier alpha value is -3.06. The topological polar surface area (TPSA) is 66.9 Å². The molecule has 0 spiro atoms. The van der Waals surface area contributed by atoms with Gasteiger partial charge in [0.1, 0.15) is 23.0 Å². The van der Waals surface area contributed by atoms with Crippen molar-refractivity contribution < 1.29 is 13.6 Å². The molecular weight excluding hydrogens is 374 g/mol. The third-order valence-electron chi connectivity index (χ3n) is 3.73. The molecule has 0 atom stereocenters. The lowest BCUT2D eigenvalue weighted by molar-refractivity contribution is 0.102. The number of nitrogens with zero attached hydrogens (tertiary/aromatic N) is 2. The van der Waals surface area contributed by atoms with E-state index in [4.69, 9.17) is 11.6 Å². The number of benzene rings is 2. The number of amides is 1. The molecule has 27 heavy (non-hydrogen) atoms. The molecule has 0 aliphatic heterocycles. The molecule has 0 aliphatic carbocycles. The first kappa shape index (κ1) is 18.7. The van der Waals surface area contributed by atoms with Crippen LogP contribution in [0.15, 0.2) is 42.5 Å². The number of nitrogens with one attached hydrogen (secondary N) is 2. The van der Waals surface area contributed by atoms with E-state index in [0.29, 0.717) is 16.4 Å². The van der Waals surface area contributed by atoms with Gasteiger partial charge in [0.15, 0.2) is 0 Å². The number of rotatable bonds is 4. The fourth-order valence-electron chi connectivity index (χ4n) is 2.38. The maximum absolute atomic E-state index is 13.7. The summed E-state index contributed by atoms with van der Waals surface area (Å²) < 4.78 is 27.5. The fourth-order valence-corrected chi connectivity index (χ4v) is 2.56. The van der Waals surface area contributed by atoms with E-state index in [-0.39, 0.29) is 11.6 Å². The van der Waals surface area contributed by atoms with Gasteiger partial charge in [-0.15, -0.1) is 0 Å². The van der Waals surface area contributed by atoms with Crippen LogP contribution in [-0.4, -0.2) is 15.9 Å². The van der Waals surface area contributed by atoms with E-state index in [2.05, 4.69) is 20.6 Å². The summed E-state index contributed by atoms with van der Waals surface area (Å²) in [7, 11) is 0. The highest BCUT2D eigenvalue weighted by Crippen LogP contribution is 2.23. The summed E-state index contributed by atoms with van der Waals surface area (Å²) in [5.41, 5.74) is 1.53. The van der Waals surface area contributed by atoms with Gasteiger partial charge in [-0.2, -0.15) is 0 Å². The smallest absolute Gasteiger partial charge is 0.274 e. The van der Waals surface area contributed by atoms with Crippen LogP contribution in [0.1, 0.15) is 21.7 Å². The van der Waals surface area contributed by atoms with Crippen molar-refractivity contribution in [3.63, 3.8) is 0 Å². The molecule has 3 rings (SSSR count). The van der Waals surface area contributed by atoms with Crippen LogP contribution in [0, 0.1) is 25.5 Å². The van der Waals surface area contributed by atoms with Crippen LogP contribution in [0.3, 0.4) is 0 Å². The highest BCUT2D eigenvalue weighted by Gasteiger charge is 2.16. The maximum Gasteiger partial charge on any atom is 0.274 e. The maximum atomic E-state index is 13.7. The van der Waals surface area contributed by atoms with Gasteiger partial charge in [0.25, 0.3) is 5.91 Å². The highest BCUT2D eigenvalue weighted by molar-refractivity contribution is 6.30. The third kappa shape index (κ3) is 4.38. The Bertz CT molecular complexity index is 1010. The van der Waals surface area contributed by atoms with Gasteiger partial charge in [-0.05, 0) is 49.7 Å². The highest BCUT2D eigenvalue weighted by atomic mass is 35.5. The molecule has 1 amide bonds. The molecule has 2 N–H and O–H groups in total. The van der Waals surface area contributed by atoms with Crippen LogP contribution in [0.4, 0.5) is 26.1 Å². The summed E-state index contributed by atoms with van der Waals surface area (Å²) in [5.74, 6) is -2.33. The van der Waals surface area contributed by atoms with Crippen molar-refractivity contribution in [2.75, 3.05) is 10.6 Å². The average Bonchev–Trinajstić information content (AvgIpc) is 2.61. The van der Waals surface area contributed by atoms with Crippen LogP contribution < -0.4 is 10.6 Å². The second-order valence-electron chi connectivity index (χ2n) is 5.85. The quantitative estimate of drug-likeness (QED) is 0.658. The van der Waals surface area contributed by atoms with Gasteiger partial charge in [-0.1, -0.05) is 23.7 Å². The Labute approximate surface area is 159 Å². The van der Waals surface area contributed by atoms with E-state index in [0.717, 1.165) is 17.7 Å². The average molecular weight is 389 g/mol. The number of aromatic nitrogens is 2. The summed E-state index contributed by atoms with van der Waals surface area (Å²) in [6, 6.07) is 10.0. The van der Waals surface area contributed by atoms with Crippen LogP contribution in [0.5, 0.6) is 0 Å². The van der Waals surface area contributed by atoms with Crippen molar-refractivity contribution in [2.24, 2.45) is 0 Å². The standard InChI is InChI=1S/C19H15ClF2N4O/c1-10-6-7-12(20)9-15(10)24-19-23-11(2)8-16(25-19)18(27)26-17-13(21)4-3-5-14(17)22/h3-9H,1-2H3,(H,26,27)(H,23,24,25). The van der Waals surface area contributed by atoms with Gasteiger partial charge >= 0.3 is 0 Å². The molecule has 0 saturated heterocycles. The molecule has 0 aliphatic rings. The monoisotopic (exact) mass is 388 g/mol. The van der Waals surface area contributed by atoms with Crippen LogP contribution in [-0.2, 0) is 0 Å². The number of carbonyl (C=O) groups excluding carboxylic acids is 1. The molecule has 0 unspecified atom stereocenters. The summed E-state index contributed by atoms with van der Waals surface area (Å²) in [5, 5.41) is 5.74. The van der Waals surface area contributed by atoms with Crippen molar-refractivity contribution in [3.05, 3.63) is 76.1 Å². The number of anilines is 3. The molecule has 8 heteroatoms. The molecule has 138 valence electrons. The Morgan fingerprint density at radius 1 is 1.04 bits per heavy atom. The molecule has 5 nitrogen and oxygen atoms in total. The fraction of sp³-hybridized carbons (Fsp3) is 0.105. The minimum Gasteiger partial charge on any atom is -0.324 e. The Balaban J connectivity index is 1.89. The van der Waals surface area contributed by atoms with Gasteiger partial charge in [0, 0.05) is 16.4 Å². The first-order valence-electron chi connectivity index (χ1n) is 7.97. The van der Waals surface area contributed by atoms with Crippen molar-refractivity contribution in [1.82, 2.24) is 9.97 Å². The number of hydrogen-bond donors (Lipinski definition) is 2. The first-order chi connectivity index (χ1) is 12.8. The minimum absolute atomic E-state index is 0.0349. The first-order valence-corrected chi connectivity index (χ1v) is 8.35. The lowest BCUT2D eigenvalue weighted by Gasteiger charge is -2.11. The summed E-state index contributed by atoms with van der Waals surface area (Å²) in [6.45, 7) is 3.56. The normalized spacial score (nSPS) is 10.6. The van der Waals surface area contributed by atoms with Crippen LogP contribution >= 0.6 is 11.6 Å². The third-order valence-corrected chi connectivity index (χ3v) is 3.97. The van der Waals surface area contributed by atoms with Gasteiger partial charge < -0.3 is 10.6 Å². The van der Waals surface area contributed by atoms with Gasteiger partial charge in [-0.3, -0.25) is 4.79 Å². The molecule has 0 saturated carbocycles. The predicted octanol–water partition coefficient (Wildman–Crippen LogP) is 5.02. The number of carbonyl (C=O) groups is 1. The number of para-hydroxylation sites is 1. The number of aryl methyl sites for hydroxylation is 2. The second-order valence-corrected chi connectivity index (χ2v) is 6.29. The van der Waals surface area contributed by atoms with Crippen molar-refractivity contribution in [1.29, 1.82) is 0 Å². The number of halogens is 3.